The van der Waals surface area contributed by atoms with E-state index in [1.807, 2.05) is 13.0 Å². The van der Waals surface area contributed by atoms with Gasteiger partial charge in [0.25, 0.3) is 0 Å². The number of rotatable bonds is 6. The summed E-state index contributed by atoms with van der Waals surface area (Å²) < 4.78 is 13.5. The lowest BCUT2D eigenvalue weighted by molar-refractivity contribution is 0.169. The van der Waals surface area contributed by atoms with Crippen molar-refractivity contribution in [2.75, 3.05) is 13.2 Å². The van der Waals surface area contributed by atoms with Crippen molar-refractivity contribution in [3.8, 4) is 0 Å². The van der Waals surface area contributed by atoms with E-state index in [4.69, 9.17) is 0 Å². The minimum Gasteiger partial charge on any atom is -0.394 e. The maximum absolute atomic E-state index is 13.5. The highest BCUT2D eigenvalue weighted by Crippen LogP contribution is 2.16. The summed E-state index contributed by atoms with van der Waals surface area (Å²) in [7, 11) is 0. The monoisotopic (exact) mass is 239 g/mol. The van der Waals surface area contributed by atoms with Crippen LogP contribution in [0.3, 0.4) is 0 Å². The fourth-order valence-corrected chi connectivity index (χ4v) is 1.69. The summed E-state index contributed by atoms with van der Waals surface area (Å²) in [4.78, 5) is 0. The highest BCUT2D eigenvalue weighted by atomic mass is 19.1. The molecule has 0 bridgehead atoms. The van der Waals surface area contributed by atoms with Crippen LogP contribution < -0.4 is 5.32 Å². The van der Waals surface area contributed by atoms with Gasteiger partial charge in [0, 0.05) is 5.54 Å². The molecule has 0 amide bonds. The summed E-state index contributed by atoms with van der Waals surface area (Å²) in [5, 5.41) is 12.8. The van der Waals surface area contributed by atoms with E-state index < -0.39 is 5.54 Å². The summed E-state index contributed by atoms with van der Waals surface area (Å²) in [6.45, 7) is 6.93. The van der Waals surface area contributed by atoms with Crippen molar-refractivity contribution >= 4 is 0 Å². The summed E-state index contributed by atoms with van der Waals surface area (Å²) in [6.07, 6.45) is 0.489. The Morgan fingerprint density at radius 1 is 1.35 bits per heavy atom. The van der Waals surface area contributed by atoms with Crippen molar-refractivity contribution in [1.29, 1.82) is 0 Å². The highest BCUT2D eigenvalue weighted by Gasteiger charge is 2.24. The van der Waals surface area contributed by atoms with E-state index >= 15 is 0 Å². The second-order valence-corrected chi connectivity index (χ2v) is 5.26. The molecular formula is C14H22FNO. The molecule has 1 aromatic carbocycles. The summed E-state index contributed by atoms with van der Waals surface area (Å²) in [5.74, 6) is 0.292. The van der Waals surface area contributed by atoms with Crippen LogP contribution in [-0.4, -0.2) is 23.8 Å². The number of benzene rings is 1. The molecule has 0 aromatic heterocycles. The Kier molecular flexibility index (Phi) is 5.09. The average molecular weight is 239 g/mol. The SMILES string of the molecule is CC(C)CNC(C)(CO)Cc1ccccc1F. The summed E-state index contributed by atoms with van der Waals surface area (Å²) in [5.41, 5.74) is 0.173. The molecule has 0 radical (unpaired) electrons. The summed E-state index contributed by atoms with van der Waals surface area (Å²) >= 11 is 0. The van der Waals surface area contributed by atoms with Gasteiger partial charge < -0.3 is 10.4 Å². The Morgan fingerprint density at radius 2 is 2.00 bits per heavy atom. The third kappa shape index (κ3) is 4.44. The van der Waals surface area contributed by atoms with Crippen molar-refractivity contribution in [1.82, 2.24) is 5.32 Å². The van der Waals surface area contributed by atoms with Gasteiger partial charge in [-0.3, -0.25) is 0 Å². The number of halogens is 1. The fourth-order valence-electron chi connectivity index (χ4n) is 1.69. The average Bonchev–Trinajstić information content (AvgIpc) is 2.30. The maximum atomic E-state index is 13.5. The zero-order valence-electron chi connectivity index (χ0n) is 10.8. The van der Waals surface area contributed by atoms with Gasteiger partial charge >= 0.3 is 0 Å². The normalized spacial score (nSPS) is 14.9. The molecule has 0 aliphatic rings. The molecule has 0 aliphatic carbocycles. The lowest BCUT2D eigenvalue weighted by atomic mass is 9.92. The van der Waals surface area contributed by atoms with Crippen LogP contribution in [0.4, 0.5) is 4.39 Å². The first-order chi connectivity index (χ1) is 7.97. The molecule has 96 valence electrons. The van der Waals surface area contributed by atoms with Crippen molar-refractivity contribution in [3.63, 3.8) is 0 Å². The Morgan fingerprint density at radius 3 is 2.53 bits per heavy atom. The first-order valence-electron chi connectivity index (χ1n) is 6.06. The smallest absolute Gasteiger partial charge is 0.126 e. The maximum Gasteiger partial charge on any atom is 0.126 e. The van der Waals surface area contributed by atoms with E-state index in [9.17, 15) is 9.50 Å². The van der Waals surface area contributed by atoms with Crippen molar-refractivity contribution in [2.45, 2.75) is 32.7 Å². The molecule has 0 saturated heterocycles. The van der Waals surface area contributed by atoms with E-state index in [-0.39, 0.29) is 12.4 Å². The third-order valence-electron chi connectivity index (χ3n) is 2.82. The van der Waals surface area contributed by atoms with Gasteiger partial charge in [-0.25, -0.2) is 4.39 Å². The predicted octanol–water partition coefficient (Wildman–Crippen LogP) is 2.36. The molecule has 2 nitrogen and oxygen atoms in total. The van der Waals surface area contributed by atoms with Crippen LogP contribution in [0.25, 0.3) is 0 Å². The van der Waals surface area contributed by atoms with Gasteiger partial charge in [-0.05, 0) is 37.4 Å². The topological polar surface area (TPSA) is 32.3 Å². The lowest BCUT2D eigenvalue weighted by Crippen LogP contribution is -2.49. The Bertz CT molecular complexity index is 354. The predicted molar refractivity (Wildman–Crippen MR) is 68.4 cm³/mol. The number of nitrogens with one attached hydrogen (secondary N) is 1. The third-order valence-corrected chi connectivity index (χ3v) is 2.82. The molecule has 3 heteroatoms. The number of hydrogen-bond acceptors (Lipinski definition) is 2. The molecule has 1 rings (SSSR count). The van der Waals surface area contributed by atoms with E-state index in [2.05, 4.69) is 19.2 Å². The van der Waals surface area contributed by atoms with Crippen LogP contribution in [0.15, 0.2) is 24.3 Å². The molecule has 0 aliphatic heterocycles. The fraction of sp³-hybridized carbons (Fsp3) is 0.571. The second-order valence-electron chi connectivity index (χ2n) is 5.26. The second kappa shape index (κ2) is 6.12. The zero-order chi connectivity index (χ0) is 12.9. The molecule has 0 fully saturated rings. The number of hydrogen-bond donors (Lipinski definition) is 2. The molecule has 1 unspecified atom stereocenters. The van der Waals surface area contributed by atoms with E-state index in [1.165, 1.54) is 6.07 Å². The van der Waals surface area contributed by atoms with Crippen LogP contribution >= 0.6 is 0 Å². The quantitative estimate of drug-likeness (QED) is 0.798. The van der Waals surface area contributed by atoms with Crippen molar-refractivity contribution in [3.05, 3.63) is 35.6 Å². The van der Waals surface area contributed by atoms with Gasteiger partial charge in [-0.15, -0.1) is 0 Å². The van der Waals surface area contributed by atoms with Gasteiger partial charge in [0.15, 0.2) is 0 Å². The lowest BCUT2D eigenvalue weighted by Gasteiger charge is -2.30. The van der Waals surface area contributed by atoms with Gasteiger partial charge in [0.05, 0.1) is 6.61 Å². The van der Waals surface area contributed by atoms with Crippen LogP contribution in [0, 0.1) is 11.7 Å². The van der Waals surface area contributed by atoms with Gasteiger partial charge in [-0.2, -0.15) is 0 Å². The summed E-state index contributed by atoms with van der Waals surface area (Å²) in [6, 6.07) is 6.71. The van der Waals surface area contributed by atoms with Crippen LogP contribution in [0.1, 0.15) is 26.3 Å². The minimum atomic E-state index is -0.466. The van der Waals surface area contributed by atoms with Crippen LogP contribution in [0.2, 0.25) is 0 Å². The molecule has 1 atom stereocenters. The largest absolute Gasteiger partial charge is 0.394 e. The standard InChI is InChI=1S/C14H22FNO/c1-11(2)9-16-14(3,10-17)8-12-6-4-5-7-13(12)15/h4-7,11,16-17H,8-10H2,1-3H3. The molecule has 0 saturated carbocycles. The first-order valence-corrected chi connectivity index (χ1v) is 6.06. The van der Waals surface area contributed by atoms with Gasteiger partial charge in [-0.1, -0.05) is 32.0 Å². The van der Waals surface area contributed by atoms with Crippen LogP contribution in [-0.2, 0) is 6.42 Å². The van der Waals surface area contributed by atoms with Crippen molar-refractivity contribution < 1.29 is 9.50 Å². The van der Waals surface area contributed by atoms with Crippen molar-refractivity contribution in [2.24, 2.45) is 5.92 Å². The molecule has 17 heavy (non-hydrogen) atoms. The van der Waals surface area contributed by atoms with Gasteiger partial charge in [0.2, 0.25) is 0 Å². The van der Waals surface area contributed by atoms with Crippen LogP contribution in [0.5, 0.6) is 0 Å². The molecular weight excluding hydrogens is 217 g/mol. The number of aliphatic hydroxyl groups is 1. The Hall–Kier alpha value is -0.930. The van der Waals surface area contributed by atoms with E-state index in [1.54, 1.807) is 12.1 Å². The molecule has 1 aromatic rings. The van der Waals surface area contributed by atoms with Gasteiger partial charge in [0.1, 0.15) is 5.82 Å². The minimum absolute atomic E-state index is 0.00590. The van der Waals surface area contributed by atoms with E-state index in [0.29, 0.717) is 17.9 Å². The molecule has 2 N–H and O–H groups in total. The number of aliphatic hydroxyl groups excluding tert-OH is 1. The van der Waals surface area contributed by atoms with E-state index in [0.717, 1.165) is 6.54 Å². The Labute approximate surface area is 103 Å². The highest BCUT2D eigenvalue weighted by molar-refractivity contribution is 5.20. The molecule has 0 heterocycles. The molecule has 0 spiro atoms. The zero-order valence-corrected chi connectivity index (χ0v) is 10.8. The Balaban J connectivity index is 2.71. The first kappa shape index (κ1) is 14.1.